The zero-order valence-corrected chi connectivity index (χ0v) is 8.84. The van der Waals surface area contributed by atoms with Gasteiger partial charge in [0.05, 0.1) is 19.3 Å². The van der Waals surface area contributed by atoms with Gasteiger partial charge in [-0.3, -0.25) is 0 Å². The van der Waals surface area contributed by atoms with Crippen LogP contribution >= 0.6 is 0 Å². The number of ether oxygens (including phenoxy) is 1. The summed E-state index contributed by atoms with van der Waals surface area (Å²) in [4.78, 5) is 0. The van der Waals surface area contributed by atoms with Gasteiger partial charge in [0.1, 0.15) is 0 Å². The Morgan fingerprint density at radius 2 is 1.86 bits per heavy atom. The number of rotatable bonds is 3. The van der Waals surface area contributed by atoms with E-state index in [9.17, 15) is 0 Å². The predicted molar refractivity (Wildman–Crippen MR) is 57.4 cm³/mol. The fourth-order valence-corrected chi connectivity index (χ4v) is 1.79. The minimum atomic E-state index is 0.566. The molecule has 1 aromatic carbocycles. The number of aryl methyl sites for hydroxylation is 2. The molecule has 1 aliphatic rings. The fraction of sp³-hybridized carbons (Fsp3) is 0.500. The molecule has 0 bridgehead atoms. The molecule has 0 atom stereocenters. The molecule has 1 aliphatic heterocycles. The molecular weight excluding hydrogens is 174 g/mol. The molecule has 1 saturated heterocycles. The molecular formula is C12H17NO. The molecule has 0 spiro atoms. The van der Waals surface area contributed by atoms with Gasteiger partial charge in [-0.2, -0.15) is 0 Å². The Hall–Kier alpha value is -0.860. The summed E-state index contributed by atoms with van der Waals surface area (Å²) in [6, 6.07) is 7.24. The summed E-state index contributed by atoms with van der Waals surface area (Å²) in [7, 11) is 0. The third kappa shape index (κ3) is 2.34. The van der Waals surface area contributed by atoms with Gasteiger partial charge in [-0.15, -0.1) is 0 Å². The third-order valence-electron chi connectivity index (χ3n) is 2.51. The van der Waals surface area contributed by atoms with Gasteiger partial charge in [0.15, 0.2) is 0 Å². The molecule has 1 fully saturated rings. The second kappa shape index (κ2) is 4.11. The molecule has 2 nitrogen and oxygen atoms in total. The quantitative estimate of drug-likeness (QED) is 0.786. The van der Waals surface area contributed by atoms with Crippen molar-refractivity contribution in [3.05, 3.63) is 34.9 Å². The molecule has 1 N–H and O–H groups in total. The van der Waals surface area contributed by atoms with E-state index in [-0.39, 0.29) is 0 Å². The van der Waals surface area contributed by atoms with Crippen molar-refractivity contribution in [3.8, 4) is 0 Å². The largest absolute Gasteiger partial charge is 0.378 e. The highest BCUT2D eigenvalue weighted by Crippen LogP contribution is 2.09. The number of hydrogen-bond donors (Lipinski definition) is 1. The van der Waals surface area contributed by atoms with Crippen LogP contribution in [0.2, 0.25) is 0 Å². The Balaban J connectivity index is 1.94. The van der Waals surface area contributed by atoms with E-state index in [1.165, 1.54) is 16.7 Å². The minimum absolute atomic E-state index is 0.566. The van der Waals surface area contributed by atoms with E-state index in [0.717, 1.165) is 19.8 Å². The van der Waals surface area contributed by atoms with Crippen molar-refractivity contribution in [1.82, 2.24) is 5.32 Å². The molecule has 14 heavy (non-hydrogen) atoms. The summed E-state index contributed by atoms with van der Waals surface area (Å²) in [6.45, 7) is 6.97. The van der Waals surface area contributed by atoms with Gasteiger partial charge in [0.25, 0.3) is 0 Å². The maximum absolute atomic E-state index is 5.11. The first-order valence-electron chi connectivity index (χ1n) is 5.12. The van der Waals surface area contributed by atoms with E-state index in [0.29, 0.717) is 6.04 Å². The summed E-state index contributed by atoms with van der Waals surface area (Å²) in [5, 5.41) is 3.46. The van der Waals surface area contributed by atoms with Crippen LogP contribution in [0.4, 0.5) is 0 Å². The molecule has 0 radical (unpaired) electrons. The zero-order valence-electron chi connectivity index (χ0n) is 8.84. The van der Waals surface area contributed by atoms with Crippen molar-refractivity contribution < 1.29 is 4.74 Å². The van der Waals surface area contributed by atoms with Crippen molar-refractivity contribution in [2.24, 2.45) is 0 Å². The Kier molecular flexibility index (Phi) is 2.85. The fourth-order valence-electron chi connectivity index (χ4n) is 1.79. The molecule has 1 aromatic rings. The first-order chi connectivity index (χ1) is 6.74. The third-order valence-corrected chi connectivity index (χ3v) is 2.51. The molecule has 1 heterocycles. The van der Waals surface area contributed by atoms with Gasteiger partial charge in [-0.25, -0.2) is 0 Å². The summed E-state index contributed by atoms with van der Waals surface area (Å²) in [5.74, 6) is 0. The summed E-state index contributed by atoms with van der Waals surface area (Å²) in [5.41, 5.74) is 4.05. The molecule has 0 aliphatic carbocycles. The van der Waals surface area contributed by atoms with Crippen molar-refractivity contribution in [2.45, 2.75) is 26.4 Å². The highest BCUT2D eigenvalue weighted by atomic mass is 16.5. The lowest BCUT2D eigenvalue weighted by molar-refractivity contribution is -0.00578. The standard InChI is InChI=1S/C12H17NO/c1-9-3-10(2)5-11(4-9)6-13-12-7-14-8-12/h3-5,12-13H,6-8H2,1-2H3. The van der Waals surface area contributed by atoms with Gasteiger partial charge in [0.2, 0.25) is 0 Å². The van der Waals surface area contributed by atoms with E-state index in [1.807, 2.05) is 0 Å². The Morgan fingerprint density at radius 3 is 2.36 bits per heavy atom. The van der Waals surface area contributed by atoms with Crippen LogP contribution in [-0.4, -0.2) is 19.3 Å². The molecule has 0 aromatic heterocycles. The second-order valence-corrected chi connectivity index (χ2v) is 4.11. The predicted octanol–water partition coefficient (Wildman–Crippen LogP) is 1.79. The maximum atomic E-state index is 5.11. The van der Waals surface area contributed by atoms with Gasteiger partial charge in [-0.05, 0) is 19.4 Å². The topological polar surface area (TPSA) is 21.3 Å². The van der Waals surface area contributed by atoms with Crippen LogP contribution in [0.1, 0.15) is 16.7 Å². The second-order valence-electron chi connectivity index (χ2n) is 4.11. The van der Waals surface area contributed by atoms with Crippen molar-refractivity contribution in [2.75, 3.05) is 13.2 Å². The SMILES string of the molecule is Cc1cc(C)cc(CNC2COC2)c1. The van der Waals surface area contributed by atoms with Gasteiger partial charge in [0, 0.05) is 6.54 Å². The van der Waals surface area contributed by atoms with Gasteiger partial charge >= 0.3 is 0 Å². The van der Waals surface area contributed by atoms with E-state index >= 15 is 0 Å². The molecule has 0 saturated carbocycles. The van der Waals surface area contributed by atoms with Crippen LogP contribution in [0.15, 0.2) is 18.2 Å². The average molecular weight is 191 g/mol. The lowest BCUT2D eigenvalue weighted by Gasteiger charge is -2.27. The number of nitrogens with one attached hydrogen (secondary N) is 1. The highest BCUT2D eigenvalue weighted by molar-refractivity contribution is 5.28. The summed E-state index contributed by atoms with van der Waals surface area (Å²) in [6.07, 6.45) is 0. The normalized spacial score (nSPS) is 16.7. The Labute approximate surface area is 85.3 Å². The monoisotopic (exact) mass is 191 g/mol. The number of benzene rings is 1. The highest BCUT2D eigenvalue weighted by Gasteiger charge is 2.16. The molecule has 0 unspecified atom stereocenters. The summed E-state index contributed by atoms with van der Waals surface area (Å²) < 4.78 is 5.11. The zero-order chi connectivity index (χ0) is 9.97. The minimum Gasteiger partial charge on any atom is -0.378 e. The molecule has 76 valence electrons. The maximum Gasteiger partial charge on any atom is 0.0643 e. The first kappa shape index (κ1) is 9.69. The lowest BCUT2D eigenvalue weighted by atomic mass is 10.1. The van der Waals surface area contributed by atoms with Gasteiger partial charge in [-0.1, -0.05) is 29.3 Å². The van der Waals surface area contributed by atoms with Crippen LogP contribution in [0, 0.1) is 13.8 Å². The van der Waals surface area contributed by atoms with Crippen LogP contribution < -0.4 is 5.32 Å². The molecule has 2 rings (SSSR count). The first-order valence-corrected chi connectivity index (χ1v) is 5.12. The van der Waals surface area contributed by atoms with Crippen LogP contribution in [0.25, 0.3) is 0 Å². The summed E-state index contributed by atoms with van der Waals surface area (Å²) >= 11 is 0. The van der Waals surface area contributed by atoms with E-state index < -0.39 is 0 Å². The van der Waals surface area contributed by atoms with E-state index in [1.54, 1.807) is 0 Å². The number of hydrogen-bond acceptors (Lipinski definition) is 2. The van der Waals surface area contributed by atoms with Crippen molar-refractivity contribution in [1.29, 1.82) is 0 Å². The van der Waals surface area contributed by atoms with E-state index in [2.05, 4.69) is 37.4 Å². The van der Waals surface area contributed by atoms with E-state index in [4.69, 9.17) is 4.74 Å². The smallest absolute Gasteiger partial charge is 0.0643 e. The van der Waals surface area contributed by atoms with Gasteiger partial charge < -0.3 is 10.1 Å². The van der Waals surface area contributed by atoms with Crippen LogP contribution in [0.3, 0.4) is 0 Å². The van der Waals surface area contributed by atoms with Crippen LogP contribution in [0.5, 0.6) is 0 Å². The Morgan fingerprint density at radius 1 is 1.21 bits per heavy atom. The van der Waals surface area contributed by atoms with Crippen LogP contribution in [-0.2, 0) is 11.3 Å². The average Bonchev–Trinajstić information content (AvgIpc) is 1.99. The lowest BCUT2D eigenvalue weighted by Crippen LogP contribution is -2.45. The Bertz CT molecular complexity index is 298. The molecule has 0 amide bonds. The van der Waals surface area contributed by atoms with Crippen molar-refractivity contribution in [3.63, 3.8) is 0 Å². The molecule has 2 heteroatoms. The van der Waals surface area contributed by atoms with Crippen molar-refractivity contribution >= 4 is 0 Å².